The molecule has 3 heterocycles. The average molecular weight is 383 g/mol. The number of anilines is 2. The van der Waals surface area contributed by atoms with Crippen molar-refractivity contribution in [2.24, 2.45) is 0 Å². The zero-order valence-corrected chi connectivity index (χ0v) is 16.0. The van der Waals surface area contributed by atoms with Gasteiger partial charge in [0, 0.05) is 31.0 Å². The highest BCUT2D eigenvalue weighted by Gasteiger charge is 2.04. The highest BCUT2D eigenvalue weighted by atomic mass is 15.1. The Labute approximate surface area is 167 Å². The minimum absolute atomic E-state index is 0.593. The highest BCUT2D eigenvalue weighted by Crippen LogP contribution is 2.17. The quantitative estimate of drug-likeness (QED) is 0.349. The zero-order valence-electron chi connectivity index (χ0n) is 16.0. The molecule has 5 aromatic rings. The lowest BCUT2D eigenvalue weighted by atomic mass is 10.1. The van der Waals surface area contributed by atoms with Gasteiger partial charge in [0.05, 0.1) is 11.0 Å². The number of nitrogens with one attached hydrogen (secondary N) is 4. The number of nitrogens with zero attached hydrogens (tertiary/aromatic N) is 3. The van der Waals surface area contributed by atoms with Gasteiger partial charge in [-0.05, 0) is 53.8 Å². The molecule has 0 spiro atoms. The van der Waals surface area contributed by atoms with Gasteiger partial charge in [0.1, 0.15) is 11.6 Å². The molecule has 0 atom stereocenters. The SMILES string of the molecule is Cc1nc2ccc(CNc3nccc(NCc4ccc5cc[nH]c5c4)n3)cc2[nH]1. The number of hydrogen-bond donors (Lipinski definition) is 4. The summed E-state index contributed by atoms with van der Waals surface area (Å²) in [6.07, 6.45) is 3.71. The van der Waals surface area contributed by atoms with Crippen molar-refractivity contribution in [2.75, 3.05) is 10.6 Å². The van der Waals surface area contributed by atoms with Gasteiger partial charge in [-0.25, -0.2) is 9.97 Å². The smallest absolute Gasteiger partial charge is 0.224 e. The minimum atomic E-state index is 0.593. The second-order valence-electron chi connectivity index (χ2n) is 7.05. The van der Waals surface area contributed by atoms with Crippen molar-refractivity contribution >= 4 is 33.7 Å². The van der Waals surface area contributed by atoms with E-state index in [9.17, 15) is 0 Å². The van der Waals surface area contributed by atoms with E-state index in [1.165, 1.54) is 10.9 Å². The lowest BCUT2D eigenvalue weighted by Gasteiger charge is -2.09. The van der Waals surface area contributed by atoms with Crippen LogP contribution in [0.25, 0.3) is 21.9 Å². The Morgan fingerprint density at radius 3 is 2.62 bits per heavy atom. The van der Waals surface area contributed by atoms with Gasteiger partial charge in [0.15, 0.2) is 0 Å². The van der Waals surface area contributed by atoms with E-state index < -0.39 is 0 Å². The number of rotatable bonds is 6. The fourth-order valence-electron chi connectivity index (χ4n) is 3.42. The van der Waals surface area contributed by atoms with Crippen LogP contribution in [0.5, 0.6) is 0 Å². The number of hydrogen-bond acceptors (Lipinski definition) is 5. The predicted molar refractivity (Wildman–Crippen MR) is 116 cm³/mol. The van der Waals surface area contributed by atoms with Crippen LogP contribution in [0.1, 0.15) is 17.0 Å². The second-order valence-corrected chi connectivity index (χ2v) is 7.05. The molecule has 0 saturated heterocycles. The summed E-state index contributed by atoms with van der Waals surface area (Å²) < 4.78 is 0. The fourth-order valence-corrected chi connectivity index (χ4v) is 3.42. The van der Waals surface area contributed by atoms with E-state index in [0.29, 0.717) is 19.0 Å². The van der Waals surface area contributed by atoms with Crippen molar-refractivity contribution in [3.8, 4) is 0 Å². The van der Waals surface area contributed by atoms with E-state index in [-0.39, 0.29) is 0 Å². The Morgan fingerprint density at radius 2 is 1.69 bits per heavy atom. The number of fused-ring (bicyclic) bond motifs is 2. The van der Waals surface area contributed by atoms with Crippen LogP contribution in [0.4, 0.5) is 11.8 Å². The molecule has 5 rings (SSSR count). The third kappa shape index (κ3) is 3.75. The topological polar surface area (TPSA) is 94.3 Å². The number of aromatic amines is 2. The van der Waals surface area contributed by atoms with Crippen LogP contribution in [-0.4, -0.2) is 24.9 Å². The molecule has 0 aliphatic heterocycles. The molecule has 144 valence electrons. The van der Waals surface area contributed by atoms with Crippen LogP contribution in [-0.2, 0) is 13.1 Å². The first-order valence-electron chi connectivity index (χ1n) is 9.55. The van der Waals surface area contributed by atoms with Crippen LogP contribution in [0, 0.1) is 6.92 Å². The lowest BCUT2D eigenvalue weighted by Crippen LogP contribution is -2.06. The standard InChI is InChI=1S/C22H21N7/c1-14-27-18-5-3-16(11-20(18)28-14)13-26-22-24-9-7-21(29-22)25-12-15-2-4-17-6-8-23-19(17)10-15/h2-11,23H,12-13H2,1H3,(H,27,28)(H2,24,25,26,29). The van der Waals surface area contributed by atoms with Crippen LogP contribution in [0.2, 0.25) is 0 Å². The maximum absolute atomic E-state index is 4.56. The first kappa shape index (κ1) is 17.2. The number of aryl methyl sites for hydroxylation is 1. The molecule has 0 radical (unpaired) electrons. The van der Waals surface area contributed by atoms with Gasteiger partial charge in [-0.15, -0.1) is 0 Å². The van der Waals surface area contributed by atoms with Gasteiger partial charge >= 0.3 is 0 Å². The van der Waals surface area contributed by atoms with Crippen molar-refractivity contribution in [3.05, 3.63) is 77.9 Å². The largest absolute Gasteiger partial charge is 0.366 e. The van der Waals surface area contributed by atoms with Gasteiger partial charge in [0.25, 0.3) is 0 Å². The molecule has 0 unspecified atom stereocenters. The summed E-state index contributed by atoms with van der Waals surface area (Å²) in [5.41, 5.74) is 5.49. The third-order valence-electron chi connectivity index (χ3n) is 4.86. The summed E-state index contributed by atoms with van der Waals surface area (Å²) in [6, 6.07) is 16.5. The second kappa shape index (κ2) is 7.27. The fraction of sp³-hybridized carbons (Fsp3) is 0.136. The van der Waals surface area contributed by atoms with Gasteiger partial charge in [0.2, 0.25) is 5.95 Å². The molecule has 7 heteroatoms. The summed E-state index contributed by atoms with van der Waals surface area (Å²) in [5, 5.41) is 7.87. The molecule has 4 N–H and O–H groups in total. The van der Waals surface area contributed by atoms with E-state index in [2.05, 4.69) is 72.0 Å². The lowest BCUT2D eigenvalue weighted by molar-refractivity contribution is 1.04. The third-order valence-corrected chi connectivity index (χ3v) is 4.86. The Hall–Kier alpha value is -3.87. The molecule has 0 bridgehead atoms. The normalized spacial score (nSPS) is 11.2. The molecule has 0 aliphatic carbocycles. The van der Waals surface area contributed by atoms with E-state index >= 15 is 0 Å². The Morgan fingerprint density at radius 1 is 0.862 bits per heavy atom. The van der Waals surface area contributed by atoms with Crippen LogP contribution in [0.3, 0.4) is 0 Å². The van der Waals surface area contributed by atoms with Crippen LogP contribution < -0.4 is 10.6 Å². The first-order chi connectivity index (χ1) is 14.2. The molecule has 0 saturated carbocycles. The number of aromatic nitrogens is 5. The van der Waals surface area contributed by atoms with Crippen molar-refractivity contribution in [1.82, 2.24) is 24.9 Å². The predicted octanol–water partition coefficient (Wildman–Crippen LogP) is 4.37. The minimum Gasteiger partial charge on any atom is -0.366 e. The monoisotopic (exact) mass is 383 g/mol. The summed E-state index contributed by atoms with van der Waals surface area (Å²) in [6.45, 7) is 3.29. The van der Waals surface area contributed by atoms with E-state index in [1.807, 2.05) is 25.3 Å². The average Bonchev–Trinajstić information content (AvgIpc) is 3.35. The number of benzene rings is 2. The highest BCUT2D eigenvalue weighted by molar-refractivity contribution is 5.80. The summed E-state index contributed by atoms with van der Waals surface area (Å²) in [5.74, 6) is 2.30. The molecular weight excluding hydrogens is 362 g/mol. The van der Waals surface area contributed by atoms with Gasteiger partial charge in [-0.2, -0.15) is 4.98 Å². The van der Waals surface area contributed by atoms with Crippen molar-refractivity contribution in [3.63, 3.8) is 0 Å². The van der Waals surface area contributed by atoms with Gasteiger partial charge < -0.3 is 20.6 Å². The molecule has 3 aromatic heterocycles. The molecule has 7 nitrogen and oxygen atoms in total. The molecule has 0 amide bonds. The maximum atomic E-state index is 4.56. The van der Waals surface area contributed by atoms with Crippen molar-refractivity contribution < 1.29 is 0 Å². The van der Waals surface area contributed by atoms with Gasteiger partial charge in [-0.1, -0.05) is 18.2 Å². The van der Waals surface area contributed by atoms with Crippen molar-refractivity contribution in [2.45, 2.75) is 20.0 Å². The van der Waals surface area contributed by atoms with Crippen LogP contribution in [0.15, 0.2) is 60.9 Å². The summed E-state index contributed by atoms with van der Waals surface area (Å²) >= 11 is 0. The molecule has 2 aromatic carbocycles. The first-order valence-corrected chi connectivity index (χ1v) is 9.55. The summed E-state index contributed by atoms with van der Waals surface area (Å²) in [4.78, 5) is 19.8. The Balaban J connectivity index is 1.23. The van der Waals surface area contributed by atoms with Gasteiger partial charge in [-0.3, -0.25) is 0 Å². The maximum Gasteiger partial charge on any atom is 0.224 e. The Bertz CT molecular complexity index is 1280. The molecule has 0 aliphatic rings. The zero-order chi connectivity index (χ0) is 19.6. The van der Waals surface area contributed by atoms with E-state index in [0.717, 1.165) is 33.8 Å². The molecule has 29 heavy (non-hydrogen) atoms. The van der Waals surface area contributed by atoms with E-state index in [4.69, 9.17) is 0 Å². The molecular formula is C22H21N7. The van der Waals surface area contributed by atoms with Crippen molar-refractivity contribution in [1.29, 1.82) is 0 Å². The molecule has 0 fully saturated rings. The summed E-state index contributed by atoms with van der Waals surface area (Å²) in [7, 11) is 0. The number of imidazole rings is 1. The van der Waals surface area contributed by atoms with E-state index in [1.54, 1.807) is 6.20 Å². The number of H-pyrrole nitrogens is 2. The Kier molecular flexibility index (Phi) is 4.32. The van der Waals surface area contributed by atoms with Crippen LogP contribution >= 0.6 is 0 Å².